The van der Waals surface area contributed by atoms with E-state index in [0.29, 0.717) is 5.57 Å². The van der Waals surface area contributed by atoms with Crippen LogP contribution in [0.15, 0.2) is 48.6 Å². The van der Waals surface area contributed by atoms with E-state index < -0.39 is 47.4 Å². The molecule has 0 unspecified atom stereocenters. The SMILES string of the molecule is C=C[C@@]1(C)C[C@H](OC(=O)/C(C)=C\COC(C)=O)[C@@H](C(=C)C(=O)OC)[C@H](O)[C@H]1C(=C)CO. The van der Waals surface area contributed by atoms with Crippen LogP contribution >= 0.6 is 0 Å². The van der Waals surface area contributed by atoms with Crippen molar-refractivity contribution in [3.63, 3.8) is 0 Å². The van der Waals surface area contributed by atoms with Gasteiger partial charge in [0.2, 0.25) is 0 Å². The fourth-order valence-corrected chi connectivity index (χ4v) is 3.93. The molecule has 0 aliphatic heterocycles. The first-order chi connectivity index (χ1) is 14.4. The van der Waals surface area contributed by atoms with Crippen LogP contribution in [0.1, 0.15) is 27.2 Å². The molecular formula is C23H32O8. The first-order valence-electron chi connectivity index (χ1n) is 9.81. The van der Waals surface area contributed by atoms with Gasteiger partial charge in [0.1, 0.15) is 12.7 Å². The summed E-state index contributed by atoms with van der Waals surface area (Å²) in [6.45, 7) is 15.5. The predicted molar refractivity (Wildman–Crippen MR) is 114 cm³/mol. The monoisotopic (exact) mass is 436 g/mol. The Kier molecular flexibility index (Phi) is 9.40. The highest BCUT2D eigenvalue weighted by atomic mass is 16.5. The largest absolute Gasteiger partial charge is 0.466 e. The van der Waals surface area contributed by atoms with Crippen LogP contribution in [-0.4, -0.2) is 60.7 Å². The van der Waals surface area contributed by atoms with E-state index in [1.807, 2.05) is 0 Å². The Balaban J connectivity index is 3.30. The van der Waals surface area contributed by atoms with Gasteiger partial charge in [-0.05, 0) is 30.4 Å². The third-order valence-corrected chi connectivity index (χ3v) is 5.68. The molecule has 8 heteroatoms. The topological polar surface area (TPSA) is 119 Å². The zero-order chi connectivity index (χ0) is 23.9. The highest BCUT2D eigenvalue weighted by Gasteiger charge is 2.53. The summed E-state index contributed by atoms with van der Waals surface area (Å²) < 4.78 is 15.2. The molecule has 0 heterocycles. The van der Waals surface area contributed by atoms with E-state index >= 15 is 0 Å². The second-order valence-electron chi connectivity index (χ2n) is 7.87. The molecule has 0 aromatic heterocycles. The van der Waals surface area contributed by atoms with Gasteiger partial charge in [0.05, 0.1) is 25.7 Å². The van der Waals surface area contributed by atoms with E-state index in [-0.39, 0.29) is 30.8 Å². The molecule has 2 N–H and O–H groups in total. The van der Waals surface area contributed by atoms with Crippen molar-refractivity contribution >= 4 is 17.9 Å². The lowest BCUT2D eigenvalue weighted by molar-refractivity contribution is -0.161. The average Bonchev–Trinajstić information content (AvgIpc) is 2.71. The number of ether oxygens (including phenoxy) is 3. The highest BCUT2D eigenvalue weighted by molar-refractivity contribution is 5.89. The number of aliphatic hydroxyl groups is 2. The highest BCUT2D eigenvalue weighted by Crippen LogP contribution is 2.50. The number of methoxy groups -OCH3 is 1. The van der Waals surface area contributed by atoms with Crippen LogP contribution in [0, 0.1) is 17.3 Å². The summed E-state index contributed by atoms with van der Waals surface area (Å²) in [6, 6.07) is 0. The van der Waals surface area contributed by atoms with Crippen molar-refractivity contribution in [1.29, 1.82) is 0 Å². The van der Waals surface area contributed by atoms with E-state index in [4.69, 9.17) is 14.2 Å². The maximum atomic E-state index is 12.6. The number of esters is 3. The van der Waals surface area contributed by atoms with Gasteiger partial charge in [-0.15, -0.1) is 6.58 Å². The minimum Gasteiger partial charge on any atom is -0.466 e. The lowest BCUT2D eigenvalue weighted by Gasteiger charge is -2.50. The molecular weight excluding hydrogens is 404 g/mol. The Labute approximate surface area is 182 Å². The van der Waals surface area contributed by atoms with E-state index in [0.717, 1.165) is 0 Å². The van der Waals surface area contributed by atoms with Gasteiger partial charge in [0.25, 0.3) is 0 Å². The Morgan fingerprint density at radius 1 is 1.19 bits per heavy atom. The Hall–Kier alpha value is -2.71. The average molecular weight is 437 g/mol. The van der Waals surface area contributed by atoms with Gasteiger partial charge in [-0.25, -0.2) is 9.59 Å². The van der Waals surface area contributed by atoms with Crippen LogP contribution in [0.4, 0.5) is 0 Å². The van der Waals surface area contributed by atoms with Gasteiger partial charge in [0.15, 0.2) is 0 Å². The van der Waals surface area contributed by atoms with Gasteiger partial charge < -0.3 is 24.4 Å². The number of allylic oxidation sites excluding steroid dienone is 1. The molecule has 1 aliphatic carbocycles. The molecule has 0 spiro atoms. The predicted octanol–water partition coefficient (Wildman–Crippen LogP) is 1.87. The Morgan fingerprint density at radius 3 is 2.29 bits per heavy atom. The smallest absolute Gasteiger partial charge is 0.333 e. The normalized spacial score (nSPS) is 28.3. The number of carbonyl (C=O) groups excluding carboxylic acids is 3. The van der Waals surface area contributed by atoms with Crippen molar-refractivity contribution in [2.24, 2.45) is 17.3 Å². The van der Waals surface area contributed by atoms with Gasteiger partial charge in [-0.1, -0.05) is 26.2 Å². The van der Waals surface area contributed by atoms with Crippen molar-refractivity contribution in [1.82, 2.24) is 0 Å². The number of hydrogen-bond acceptors (Lipinski definition) is 8. The Morgan fingerprint density at radius 2 is 1.81 bits per heavy atom. The van der Waals surface area contributed by atoms with Gasteiger partial charge in [-0.3, -0.25) is 4.79 Å². The fraction of sp³-hybridized carbons (Fsp3) is 0.522. The molecule has 1 fully saturated rings. The lowest BCUT2D eigenvalue weighted by atomic mass is 9.58. The molecule has 0 aromatic carbocycles. The molecule has 1 rings (SSSR count). The molecule has 0 saturated heterocycles. The zero-order valence-corrected chi connectivity index (χ0v) is 18.6. The molecule has 0 aromatic rings. The van der Waals surface area contributed by atoms with Crippen LogP contribution < -0.4 is 0 Å². The molecule has 0 radical (unpaired) electrons. The van der Waals surface area contributed by atoms with Gasteiger partial charge in [0, 0.05) is 24.0 Å². The third kappa shape index (κ3) is 6.15. The van der Waals surface area contributed by atoms with Crippen molar-refractivity contribution in [2.75, 3.05) is 20.3 Å². The minimum absolute atomic E-state index is 0.0591. The quantitative estimate of drug-likeness (QED) is 0.243. The number of hydrogen-bond donors (Lipinski definition) is 2. The Bertz CT molecular complexity index is 780. The van der Waals surface area contributed by atoms with Crippen LogP contribution in [-0.2, 0) is 28.6 Å². The van der Waals surface area contributed by atoms with Gasteiger partial charge >= 0.3 is 17.9 Å². The van der Waals surface area contributed by atoms with E-state index in [2.05, 4.69) is 19.7 Å². The van der Waals surface area contributed by atoms with E-state index in [1.54, 1.807) is 13.0 Å². The standard InChI is InChI=1S/C23H32O8/c1-8-23(6)11-17(31-21(27)13(2)9-10-30-16(5)25)18(15(4)22(28)29-7)20(26)19(23)14(3)12-24/h8-9,17-20,24,26H,1,3-4,10-12H2,2,5-7H3/b13-9-/t17-,18+,19+,20-,23-/m0/s1. The molecule has 1 aliphatic rings. The third-order valence-electron chi connectivity index (χ3n) is 5.68. The maximum Gasteiger partial charge on any atom is 0.333 e. The number of aliphatic hydroxyl groups excluding tert-OH is 2. The van der Waals surface area contributed by atoms with E-state index in [1.165, 1.54) is 27.0 Å². The second-order valence-corrected chi connectivity index (χ2v) is 7.87. The van der Waals surface area contributed by atoms with Crippen molar-refractivity contribution in [2.45, 2.75) is 39.4 Å². The van der Waals surface area contributed by atoms with Crippen LogP contribution in [0.5, 0.6) is 0 Å². The summed E-state index contributed by atoms with van der Waals surface area (Å²) in [5.74, 6) is -3.57. The first kappa shape index (κ1) is 26.3. The van der Waals surface area contributed by atoms with E-state index in [9.17, 15) is 24.6 Å². The summed E-state index contributed by atoms with van der Waals surface area (Å²) in [6.07, 6.45) is 1.03. The molecule has 0 amide bonds. The molecule has 0 bridgehead atoms. The molecule has 172 valence electrons. The molecule has 31 heavy (non-hydrogen) atoms. The number of carbonyl (C=O) groups is 3. The van der Waals surface area contributed by atoms with Gasteiger partial charge in [-0.2, -0.15) is 0 Å². The van der Waals surface area contributed by atoms with Crippen LogP contribution in [0.25, 0.3) is 0 Å². The molecule has 8 nitrogen and oxygen atoms in total. The summed E-state index contributed by atoms with van der Waals surface area (Å²) >= 11 is 0. The summed E-state index contributed by atoms with van der Waals surface area (Å²) in [5.41, 5.74) is -0.289. The van der Waals surface area contributed by atoms with Crippen LogP contribution in [0.3, 0.4) is 0 Å². The molecule has 5 atom stereocenters. The first-order valence-corrected chi connectivity index (χ1v) is 9.81. The second kappa shape index (κ2) is 11.1. The maximum absolute atomic E-state index is 12.6. The summed E-state index contributed by atoms with van der Waals surface area (Å²) in [4.78, 5) is 35.7. The zero-order valence-electron chi connectivity index (χ0n) is 18.6. The van der Waals surface area contributed by atoms with Crippen molar-refractivity contribution in [3.8, 4) is 0 Å². The van der Waals surface area contributed by atoms with Crippen molar-refractivity contribution in [3.05, 3.63) is 48.6 Å². The minimum atomic E-state index is -1.24. The summed E-state index contributed by atoms with van der Waals surface area (Å²) in [5, 5.41) is 20.8. The van der Waals surface area contributed by atoms with Crippen molar-refractivity contribution < 1.29 is 38.8 Å². The number of rotatable bonds is 9. The fourth-order valence-electron chi connectivity index (χ4n) is 3.93. The molecule has 1 saturated carbocycles. The lowest BCUT2D eigenvalue weighted by Crippen LogP contribution is -2.54. The summed E-state index contributed by atoms with van der Waals surface area (Å²) in [7, 11) is 1.18. The van der Waals surface area contributed by atoms with Crippen LogP contribution in [0.2, 0.25) is 0 Å².